The highest BCUT2D eigenvalue weighted by Gasteiger charge is 2.12. The minimum Gasteiger partial charge on any atom is -0.339 e. The molecule has 0 aliphatic carbocycles. The van der Waals surface area contributed by atoms with Gasteiger partial charge in [0.1, 0.15) is 0 Å². The van der Waals surface area contributed by atoms with Crippen molar-refractivity contribution in [1.29, 1.82) is 0 Å². The number of carbonyl (C=O) groups is 1. The van der Waals surface area contributed by atoms with E-state index in [1.54, 1.807) is 12.2 Å². The summed E-state index contributed by atoms with van der Waals surface area (Å²) in [6.07, 6.45) is 4.40. The zero-order chi connectivity index (χ0) is 14.3. The summed E-state index contributed by atoms with van der Waals surface area (Å²) < 4.78 is 0. The van der Waals surface area contributed by atoms with E-state index in [-0.39, 0.29) is 5.91 Å². The molecule has 0 bridgehead atoms. The molecule has 0 fully saturated rings. The molecule has 2 heteroatoms. The van der Waals surface area contributed by atoms with Gasteiger partial charge in [0.05, 0.1) is 0 Å². The van der Waals surface area contributed by atoms with Gasteiger partial charge >= 0.3 is 0 Å². The van der Waals surface area contributed by atoms with Crippen molar-refractivity contribution in [2.75, 3.05) is 13.1 Å². The number of hydrogen-bond acceptors (Lipinski definition) is 1. The van der Waals surface area contributed by atoms with Crippen LogP contribution in [0.5, 0.6) is 0 Å². The van der Waals surface area contributed by atoms with Crippen LogP contribution in [0.25, 0.3) is 0 Å². The van der Waals surface area contributed by atoms with Gasteiger partial charge in [-0.1, -0.05) is 53.3 Å². The van der Waals surface area contributed by atoms with E-state index in [1.165, 1.54) is 0 Å². The Morgan fingerprint density at radius 1 is 1.18 bits per heavy atom. The maximum absolute atomic E-state index is 11.7. The molecule has 0 atom stereocenters. The quantitative estimate of drug-likeness (QED) is 0.515. The molecule has 0 radical (unpaired) electrons. The lowest BCUT2D eigenvalue weighted by molar-refractivity contribution is -0.126. The van der Waals surface area contributed by atoms with Crippen LogP contribution < -0.4 is 0 Å². The molecule has 0 aliphatic rings. The minimum atomic E-state index is 0.0850. The molecule has 0 rings (SSSR count). The third kappa shape index (κ3) is 9.86. The normalized spacial score (nSPS) is 9.24. The number of rotatable bonds is 5. The Morgan fingerprint density at radius 3 is 1.88 bits per heavy atom. The molecule has 102 valence electrons. The first-order chi connectivity index (χ1) is 8.21. The average Bonchev–Trinajstić information content (AvgIpc) is 2.41. The Bertz CT molecular complexity index is 207. The molecular weight excluding hydrogens is 210 g/mol. The molecule has 0 unspecified atom stereocenters. The molecule has 0 spiro atoms. The first-order valence-electron chi connectivity index (χ1n) is 6.79. The third-order valence-electron chi connectivity index (χ3n) is 1.94. The second kappa shape index (κ2) is 17.3. The zero-order valence-corrected chi connectivity index (χ0v) is 12.8. The van der Waals surface area contributed by atoms with Crippen molar-refractivity contribution in [3.05, 3.63) is 24.3 Å². The Kier molecular flexibility index (Phi) is 21.7. The van der Waals surface area contributed by atoms with E-state index in [4.69, 9.17) is 0 Å². The number of nitrogens with zero attached hydrogens (tertiary/aromatic N) is 1. The molecule has 2 nitrogen and oxygen atoms in total. The van der Waals surface area contributed by atoms with E-state index in [0.717, 1.165) is 19.5 Å². The first kappa shape index (κ1) is 21.3. The number of hydrogen-bond donors (Lipinski definition) is 0. The molecule has 0 saturated heterocycles. The number of allylic oxidation sites excluding steroid dienone is 1. The van der Waals surface area contributed by atoms with Crippen LogP contribution in [-0.4, -0.2) is 23.9 Å². The van der Waals surface area contributed by atoms with Crippen molar-refractivity contribution in [3.63, 3.8) is 0 Å². The van der Waals surface area contributed by atoms with E-state index in [2.05, 4.69) is 13.5 Å². The van der Waals surface area contributed by atoms with Gasteiger partial charge in [0.15, 0.2) is 0 Å². The van der Waals surface area contributed by atoms with Gasteiger partial charge in [0.25, 0.3) is 5.91 Å². The Balaban J connectivity index is -0.000000439. The predicted molar refractivity (Wildman–Crippen MR) is 79.2 cm³/mol. The molecule has 0 saturated carbocycles. The third-order valence-corrected chi connectivity index (χ3v) is 1.94. The lowest BCUT2D eigenvalue weighted by Crippen LogP contribution is -2.32. The topological polar surface area (TPSA) is 20.3 Å². The zero-order valence-electron chi connectivity index (χ0n) is 12.8. The van der Waals surface area contributed by atoms with Crippen LogP contribution >= 0.6 is 0 Å². The summed E-state index contributed by atoms with van der Waals surface area (Å²) in [5.74, 6) is 0.0850. The summed E-state index contributed by atoms with van der Waals surface area (Å²) in [5, 5.41) is 0. The number of amides is 1. The summed E-state index contributed by atoms with van der Waals surface area (Å²) in [6, 6.07) is 0. The highest BCUT2D eigenvalue weighted by molar-refractivity contribution is 5.95. The predicted octanol–water partition coefficient (Wildman–Crippen LogP) is 4.43. The molecule has 0 aliphatic heterocycles. The van der Waals surface area contributed by atoms with E-state index < -0.39 is 0 Å². The molecule has 17 heavy (non-hydrogen) atoms. The van der Waals surface area contributed by atoms with Crippen LogP contribution in [0.1, 0.15) is 54.9 Å². The maximum atomic E-state index is 11.7. The van der Waals surface area contributed by atoms with Gasteiger partial charge in [-0.2, -0.15) is 0 Å². The molecule has 0 aromatic rings. The Hall–Kier alpha value is -1.05. The molecule has 0 N–H and O–H groups in total. The molecule has 1 amide bonds. The molecule has 0 heterocycles. The van der Waals surface area contributed by atoms with Crippen molar-refractivity contribution >= 4 is 5.91 Å². The highest BCUT2D eigenvalue weighted by atomic mass is 16.2. The van der Waals surface area contributed by atoms with Gasteiger partial charge in [-0.15, -0.1) is 0 Å². The van der Waals surface area contributed by atoms with Crippen molar-refractivity contribution in [3.8, 4) is 0 Å². The minimum absolute atomic E-state index is 0.0850. The van der Waals surface area contributed by atoms with Crippen molar-refractivity contribution < 1.29 is 4.79 Å². The maximum Gasteiger partial charge on any atom is 0.253 e. The average molecular weight is 241 g/mol. The van der Waals surface area contributed by atoms with Crippen LogP contribution in [0.15, 0.2) is 24.3 Å². The molecule has 0 aromatic carbocycles. The summed E-state index contributed by atoms with van der Waals surface area (Å²) in [6.45, 7) is 19.1. The standard InChI is InChI=1S/C11H19NO.2C2H6/c1-5-9-12(8-4)11(13)10(6-2)7-3;2*1-2/h6-7H,2,5,8-9H2,1,3-4H3;2*1-2H3/b10-7+;;. The Morgan fingerprint density at radius 2 is 1.65 bits per heavy atom. The molecular formula is C15H31NO. The summed E-state index contributed by atoms with van der Waals surface area (Å²) >= 11 is 0. The van der Waals surface area contributed by atoms with E-state index >= 15 is 0 Å². The van der Waals surface area contributed by atoms with Crippen LogP contribution in [-0.2, 0) is 4.79 Å². The number of carbonyl (C=O) groups excluding carboxylic acids is 1. The second-order valence-corrected chi connectivity index (χ2v) is 2.83. The van der Waals surface area contributed by atoms with Crippen LogP contribution in [0, 0.1) is 0 Å². The SMILES string of the molecule is C=C/C(=C\C)C(=O)N(CC)CCC.CC.CC. The second-order valence-electron chi connectivity index (χ2n) is 2.83. The fourth-order valence-corrected chi connectivity index (χ4v) is 1.18. The fraction of sp³-hybridized carbons (Fsp3) is 0.667. The Labute approximate surface area is 108 Å². The van der Waals surface area contributed by atoms with Crippen LogP contribution in [0.3, 0.4) is 0 Å². The van der Waals surface area contributed by atoms with Gasteiger partial charge in [-0.25, -0.2) is 0 Å². The lowest BCUT2D eigenvalue weighted by Gasteiger charge is -2.20. The first-order valence-corrected chi connectivity index (χ1v) is 6.79. The van der Waals surface area contributed by atoms with Crippen molar-refractivity contribution in [1.82, 2.24) is 4.90 Å². The van der Waals surface area contributed by atoms with E-state index in [1.807, 2.05) is 46.4 Å². The molecule has 0 aromatic heterocycles. The smallest absolute Gasteiger partial charge is 0.253 e. The van der Waals surface area contributed by atoms with E-state index in [0.29, 0.717) is 5.57 Å². The van der Waals surface area contributed by atoms with E-state index in [9.17, 15) is 4.79 Å². The fourth-order valence-electron chi connectivity index (χ4n) is 1.18. The monoisotopic (exact) mass is 241 g/mol. The number of likely N-dealkylation sites (N-methyl/N-ethyl adjacent to an activating group) is 1. The van der Waals surface area contributed by atoms with Crippen LogP contribution in [0.4, 0.5) is 0 Å². The van der Waals surface area contributed by atoms with Crippen molar-refractivity contribution in [2.45, 2.75) is 54.9 Å². The summed E-state index contributed by atoms with van der Waals surface area (Å²) in [5.41, 5.74) is 0.690. The van der Waals surface area contributed by atoms with Gasteiger partial charge in [0, 0.05) is 18.7 Å². The van der Waals surface area contributed by atoms with Gasteiger partial charge in [-0.3, -0.25) is 4.79 Å². The lowest BCUT2D eigenvalue weighted by atomic mass is 10.2. The highest BCUT2D eigenvalue weighted by Crippen LogP contribution is 2.03. The van der Waals surface area contributed by atoms with Crippen LogP contribution in [0.2, 0.25) is 0 Å². The summed E-state index contributed by atoms with van der Waals surface area (Å²) in [4.78, 5) is 13.5. The largest absolute Gasteiger partial charge is 0.339 e. The summed E-state index contributed by atoms with van der Waals surface area (Å²) in [7, 11) is 0. The van der Waals surface area contributed by atoms with Gasteiger partial charge in [-0.05, 0) is 20.3 Å². The van der Waals surface area contributed by atoms with Crippen molar-refractivity contribution in [2.24, 2.45) is 0 Å². The van der Waals surface area contributed by atoms with Gasteiger partial charge < -0.3 is 4.90 Å². The van der Waals surface area contributed by atoms with Gasteiger partial charge in [0.2, 0.25) is 0 Å².